The maximum atomic E-state index is 5.33. The molecule has 0 aliphatic rings. The maximum absolute atomic E-state index is 5.33. The Balaban J connectivity index is 2.49. The Morgan fingerprint density at radius 1 is 1.54 bits per heavy atom. The number of hydrogen-bond acceptors (Lipinski definition) is 3. The predicted octanol–water partition coefficient (Wildman–Crippen LogP) is 2.83. The number of benzene rings is 1. The third kappa shape index (κ3) is 1.77. The van der Waals surface area contributed by atoms with Gasteiger partial charge in [-0.3, -0.25) is 0 Å². The van der Waals surface area contributed by atoms with Gasteiger partial charge in [0.15, 0.2) is 5.58 Å². The molecule has 2 rings (SSSR count). The van der Waals surface area contributed by atoms with Gasteiger partial charge in [0.2, 0.25) is 0 Å². The molecule has 0 amide bonds. The largest absolute Gasteiger partial charge is 0.450 e. The monoisotopic (exact) mass is 289 g/mol. The van der Waals surface area contributed by atoms with Gasteiger partial charge >= 0.3 is 6.08 Å². The Kier molecular flexibility index (Phi) is 2.39. The number of halogens is 1. The molecule has 0 unspecified atom stereocenters. The van der Waals surface area contributed by atoms with Crippen molar-refractivity contribution in [2.45, 2.75) is 6.92 Å². The van der Waals surface area contributed by atoms with Crippen LogP contribution in [-0.2, 0) is 0 Å². The van der Waals surface area contributed by atoms with Crippen LogP contribution in [0.4, 0.5) is 0 Å². The van der Waals surface area contributed by atoms with Gasteiger partial charge in [-0.2, -0.15) is 4.98 Å². The number of oxazole rings is 1. The number of ether oxygens (including phenoxy) is 1. The van der Waals surface area contributed by atoms with Crippen LogP contribution in [0, 0.1) is 3.57 Å². The normalized spacial score (nSPS) is 10.6. The Morgan fingerprint density at radius 2 is 2.38 bits per heavy atom. The van der Waals surface area contributed by atoms with E-state index in [-0.39, 0.29) is 0 Å². The first-order chi connectivity index (χ1) is 6.29. The van der Waals surface area contributed by atoms with Crippen LogP contribution in [0.2, 0.25) is 0 Å². The van der Waals surface area contributed by atoms with Gasteiger partial charge in [-0.15, -0.1) is 0 Å². The van der Waals surface area contributed by atoms with E-state index in [2.05, 4.69) is 27.6 Å². The molecular formula is C9H8INO2. The summed E-state index contributed by atoms with van der Waals surface area (Å²) in [5.41, 5.74) is 1.61. The summed E-state index contributed by atoms with van der Waals surface area (Å²) in [5, 5.41) is 0. The van der Waals surface area contributed by atoms with E-state index in [0.29, 0.717) is 12.7 Å². The first-order valence-corrected chi connectivity index (χ1v) is 5.06. The number of fused-ring (bicyclic) bond motifs is 1. The average molecular weight is 289 g/mol. The molecule has 0 saturated heterocycles. The Hall–Kier alpha value is -0.780. The zero-order valence-electron chi connectivity index (χ0n) is 7.08. The standard InChI is InChI=1S/C9H8INO2/c1-2-12-9-11-7-5-6(10)3-4-8(7)13-9/h3-5H,2H2,1H3. The van der Waals surface area contributed by atoms with Crippen LogP contribution in [-0.4, -0.2) is 11.6 Å². The molecule has 0 aliphatic heterocycles. The van der Waals surface area contributed by atoms with Crippen LogP contribution in [0.3, 0.4) is 0 Å². The first kappa shape index (κ1) is 8.80. The van der Waals surface area contributed by atoms with E-state index in [1.165, 1.54) is 0 Å². The predicted molar refractivity (Wildman–Crippen MR) is 57.9 cm³/mol. The smallest absolute Gasteiger partial charge is 0.394 e. The van der Waals surface area contributed by atoms with Crippen molar-refractivity contribution in [3.8, 4) is 6.08 Å². The van der Waals surface area contributed by atoms with E-state index in [1.807, 2.05) is 25.1 Å². The highest BCUT2D eigenvalue weighted by atomic mass is 127. The molecule has 0 N–H and O–H groups in total. The number of nitrogens with zero attached hydrogens (tertiary/aromatic N) is 1. The van der Waals surface area contributed by atoms with Crippen molar-refractivity contribution < 1.29 is 9.15 Å². The van der Waals surface area contributed by atoms with Gasteiger partial charge in [-0.05, 0) is 47.7 Å². The maximum Gasteiger partial charge on any atom is 0.394 e. The Morgan fingerprint density at radius 3 is 3.15 bits per heavy atom. The summed E-state index contributed by atoms with van der Waals surface area (Å²) in [6.07, 6.45) is 0.347. The van der Waals surface area contributed by atoms with Gasteiger partial charge in [0.25, 0.3) is 0 Å². The van der Waals surface area contributed by atoms with Crippen LogP contribution in [0.15, 0.2) is 22.6 Å². The van der Waals surface area contributed by atoms with Gasteiger partial charge in [-0.1, -0.05) is 0 Å². The lowest BCUT2D eigenvalue weighted by atomic mass is 10.3. The number of rotatable bonds is 2. The molecule has 0 bridgehead atoms. The van der Waals surface area contributed by atoms with Gasteiger partial charge in [0, 0.05) is 3.57 Å². The summed E-state index contributed by atoms with van der Waals surface area (Å²) >= 11 is 2.24. The zero-order chi connectivity index (χ0) is 9.26. The number of aromatic nitrogens is 1. The molecule has 0 radical (unpaired) electrons. The average Bonchev–Trinajstić information content (AvgIpc) is 2.46. The van der Waals surface area contributed by atoms with E-state index in [1.54, 1.807) is 0 Å². The molecular weight excluding hydrogens is 281 g/mol. The summed E-state index contributed by atoms with van der Waals surface area (Å²) in [4.78, 5) is 4.17. The van der Waals surface area contributed by atoms with Gasteiger partial charge < -0.3 is 9.15 Å². The molecule has 4 heteroatoms. The van der Waals surface area contributed by atoms with Crippen molar-refractivity contribution in [2.75, 3.05) is 6.61 Å². The van der Waals surface area contributed by atoms with E-state index in [0.717, 1.165) is 14.7 Å². The molecule has 1 aromatic heterocycles. The fourth-order valence-corrected chi connectivity index (χ4v) is 1.54. The molecule has 0 spiro atoms. The van der Waals surface area contributed by atoms with Crippen LogP contribution in [0.5, 0.6) is 6.08 Å². The highest BCUT2D eigenvalue weighted by Gasteiger charge is 2.05. The minimum absolute atomic E-state index is 0.347. The topological polar surface area (TPSA) is 35.3 Å². The highest BCUT2D eigenvalue weighted by molar-refractivity contribution is 14.1. The first-order valence-electron chi connectivity index (χ1n) is 3.98. The van der Waals surface area contributed by atoms with Crippen molar-refractivity contribution in [1.82, 2.24) is 4.98 Å². The fourth-order valence-electron chi connectivity index (χ4n) is 1.06. The summed E-state index contributed by atoms with van der Waals surface area (Å²) in [6, 6.07) is 5.83. The third-order valence-corrected chi connectivity index (χ3v) is 2.27. The van der Waals surface area contributed by atoms with Gasteiger partial charge in [-0.25, -0.2) is 0 Å². The molecule has 3 nitrogen and oxygen atoms in total. The lowest BCUT2D eigenvalue weighted by molar-refractivity contribution is 0.251. The molecule has 0 atom stereocenters. The van der Waals surface area contributed by atoms with E-state index >= 15 is 0 Å². The van der Waals surface area contributed by atoms with E-state index in [4.69, 9.17) is 9.15 Å². The van der Waals surface area contributed by atoms with Crippen molar-refractivity contribution in [3.05, 3.63) is 21.8 Å². The van der Waals surface area contributed by atoms with E-state index in [9.17, 15) is 0 Å². The second kappa shape index (κ2) is 3.53. The van der Waals surface area contributed by atoms with Crippen molar-refractivity contribution >= 4 is 33.7 Å². The molecule has 0 saturated carbocycles. The minimum Gasteiger partial charge on any atom is -0.450 e. The molecule has 68 valence electrons. The van der Waals surface area contributed by atoms with Gasteiger partial charge in [0.05, 0.1) is 6.61 Å². The fraction of sp³-hybridized carbons (Fsp3) is 0.222. The van der Waals surface area contributed by atoms with Crippen molar-refractivity contribution in [2.24, 2.45) is 0 Å². The van der Waals surface area contributed by atoms with Crippen LogP contribution in [0.1, 0.15) is 6.92 Å². The van der Waals surface area contributed by atoms with Crippen LogP contribution in [0.25, 0.3) is 11.1 Å². The lowest BCUT2D eigenvalue weighted by Gasteiger charge is -1.91. The second-order valence-electron chi connectivity index (χ2n) is 2.52. The zero-order valence-corrected chi connectivity index (χ0v) is 9.24. The SMILES string of the molecule is CCOc1nc2cc(I)ccc2o1. The second-order valence-corrected chi connectivity index (χ2v) is 3.77. The third-order valence-electron chi connectivity index (χ3n) is 1.60. The van der Waals surface area contributed by atoms with Crippen LogP contribution < -0.4 is 4.74 Å². The summed E-state index contributed by atoms with van der Waals surface area (Å²) in [7, 11) is 0. The minimum atomic E-state index is 0.347. The quantitative estimate of drug-likeness (QED) is 0.797. The van der Waals surface area contributed by atoms with Gasteiger partial charge in [0.1, 0.15) is 5.52 Å². The van der Waals surface area contributed by atoms with Crippen molar-refractivity contribution in [1.29, 1.82) is 0 Å². The summed E-state index contributed by atoms with van der Waals surface area (Å²) in [5.74, 6) is 0. The number of hydrogen-bond donors (Lipinski definition) is 0. The molecule has 0 fully saturated rings. The molecule has 0 aliphatic carbocycles. The summed E-state index contributed by atoms with van der Waals surface area (Å²) < 4.78 is 11.6. The summed E-state index contributed by atoms with van der Waals surface area (Å²) in [6.45, 7) is 2.47. The Labute approximate surface area is 89.2 Å². The highest BCUT2D eigenvalue weighted by Crippen LogP contribution is 2.21. The lowest BCUT2D eigenvalue weighted by Crippen LogP contribution is -1.89. The Bertz CT molecular complexity index is 424. The molecule has 1 heterocycles. The van der Waals surface area contributed by atoms with E-state index < -0.39 is 0 Å². The molecule has 13 heavy (non-hydrogen) atoms. The van der Waals surface area contributed by atoms with Crippen molar-refractivity contribution in [3.63, 3.8) is 0 Å². The molecule has 2 aromatic rings. The van der Waals surface area contributed by atoms with Crippen LogP contribution >= 0.6 is 22.6 Å². The molecule has 1 aromatic carbocycles.